The van der Waals surface area contributed by atoms with Gasteiger partial charge in [-0.3, -0.25) is 0 Å². The van der Waals surface area contributed by atoms with E-state index in [9.17, 15) is 4.79 Å². The Kier molecular flexibility index (Phi) is 3.05. The molecule has 3 N–H and O–H groups in total. The second kappa shape index (κ2) is 4.65. The number of fused-ring (bicyclic) bond motifs is 1. The molecule has 0 aliphatic heterocycles. The number of hydrogen-bond donors (Lipinski definition) is 2. The van der Waals surface area contributed by atoms with Gasteiger partial charge in [0.05, 0.1) is 5.71 Å². The smallest absolute Gasteiger partial charge is 0.332 e. The van der Waals surface area contributed by atoms with Crippen LogP contribution in [0.3, 0.4) is 0 Å². The Balaban J connectivity index is 2.36. The number of amides is 2. The van der Waals surface area contributed by atoms with Gasteiger partial charge in [0, 0.05) is 0 Å². The number of carbonyl (C=O) groups excluding carboxylic acids is 1. The van der Waals surface area contributed by atoms with Crippen LogP contribution in [0.25, 0.3) is 10.8 Å². The number of nitrogens with one attached hydrogen (secondary N) is 1. The third-order valence-corrected chi connectivity index (χ3v) is 2.50. The zero-order chi connectivity index (χ0) is 12.3. The summed E-state index contributed by atoms with van der Waals surface area (Å²) in [7, 11) is 0. The second-order valence-electron chi connectivity index (χ2n) is 3.74. The zero-order valence-electron chi connectivity index (χ0n) is 9.47. The van der Waals surface area contributed by atoms with Gasteiger partial charge in [-0.2, -0.15) is 5.10 Å². The summed E-state index contributed by atoms with van der Waals surface area (Å²) in [6.45, 7) is 1.82. The highest BCUT2D eigenvalue weighted by Gasteiger charge is 1.99. The van der Waals surface area contributed by atoms with Crippen molar-refractivity contribution >= 4 is 22.5 Å². The van der Waals surface area contributed by atoms with Crippen molar-refractivity contribution in [1.29, 1.82) is 0 Å². The van der Waals surface area contributed by atoms with Crippen molar-refractivity contribution in [3.8, 4) is 0 Å². The summed E-state index contributed by atoms with van der Waals surface area (Å²) in [5.41, 5.74) is 8.84. The molecule has 4 heteroatoms. The van der Waals surface area contributed by atoms with Crippen LogP contribution in [0.1, 0.15) is 12.5 Å². The van der Waals surface area contributed by atoms with E-state index in [1.54, 1.807) is 0 Å². The Morgan fingerprint density at radius 2 is 1.88 bits per heavy atom. The van der Waals surface area contributed by atoms with Gasteiger partial charge in [0.1, 0.15) is 0 Å². The molecule has 0 aliphatic rings. The minimum atomic E-state index is -0.662. The highest BCUT2D eigenvalue weighted by molar-refractivity contribution is 6.02. The van der Waals surface area contributed by atoms with Crippen molar-refractivity contribution in [2.24, 2.45) is 10.8 Å². The maximum Gasteiger partial charge on any atom is 0.332 e. The average Bonchev–Trinajstić information content (AvgIpc) is 2.35. The Bertz CT molecular complexity index is 590. The first kappa shape index (κ1) is 11.1. The maximum atomic E-state index is 10.6. The van der Waals surface area contributed by atoms with Crippen molar-refractivity contribution in [3.05, 3.63) is 48.0 Å². The third kappa shape index (κ3) is 2.60. The van der Waals surface area contributed by atoms with Crippen LogP contribution < -0.4 is 11.2 Å². The van der Waals surface area contributed by atoms with Gasteiger partial charge in [0.15, 0.2) is 0 Å². The monoisotopic (exact) mass is 227 g/mol. The predicted molar refractivity (Wildman–Crippen MR) is 68.9 cm³/mol. The van der Waals surface area contributed by atoms with Gasteiger partial charge in [-0.05, 0) is 29.3 Å². The van der Waals surface area contributed by atoms with Crippen LogP contribution >= 0.6 is 0 Å². The van der Waals surface area contributed by atoms with Crippen LogP contribution in [0.2, 0.25) is 0 Å². The van der Waals surface area contributed by atoms with Gasteiger partial charge in [-0.1, -0.05) is 36.4 Å². The average molecular weight is 227 g/mol. The number of urea groups is 1. The fraction of sp³-hybridized carbons (Fsp3) is 0.0769. The number of hydrogen-bond acceptors (Lipinski definition) is 2. The standard InChI is InChI=1S/C13H13N3O/c1-9(15-16-13(14)17)11-7-6-10-4-2-3-5-12(10)8-11/h2-8H,1H3,(H3,14,16,17)/b15-9-. The molecule has 0 fully saturated rings. The van der Waals surface area contributed by atoms with E-state index < -0.39 is 6.03 Å². The molecular weight excluding hydrogens is 214 g/mol. The summed E-state index contributed by atoms with van der Waals surface area (Å²) in [5, 5.41) is 6.20. The SMILES string of the molecule is C/C(=N/NC(N)=O)c1ccc2ccccc2c1. The fourth-order valence-electron chi connectivity index (χ4n) is 1.62. The van der Waals surface area contributed by atoms with E-state index in [2.05, 4.69) is 10.5 Å². The lowest BCUT2D eigenvalue weighted by atomic mass is 10.0. The largest absolute Gasteiger partial charge is 0.350 e. The molecule has 0 heterocycles. The molecule has 0 aromatic heterocycles. The number of rotatable bonds is 2. The second-order valence-corrected chi connectivity index (χ2v) is 3.74. The van der Waals surface area contributed by atoms with Crippen molar-refractivity contribution in [2.45, 2.75) is 6.92 Å². The van der Waals surface area contributed by atoms with Gasteiger partial charge in [-0.15, -0.1) is 0 Å². The summed E-state index contributed by atoms with van der Waals surface area (Å²) in [6.07, 6.45) is 0. The van der Waals surface area contributed by atoms with E-state index in [1.165, 1.54) is 5.39 Å². The fourth-order valence-corrected chi connectivity index (χ4v) is 1.62. The third-order valence-electron chi connectivity index (χ3n) is 2.50. The number of benzene rings is 2. The van der Waals surface area contributed by atoms with Gasteiger partial charge < -0.3 is 5.73 Å². The molecule has 2 amide bonds. The van der Waals surface area contributed by atoms with E-state index >= 15 is 0 Å². The van der Waals surface area contributed by atoms with E-state index in [4.69, 9.17) is 5.73 Å². The first-order valence-electron chi connectivity index (χ1n) is 5.26. The summed E-state index contributed by atoms with van der Waals surface area (Å²) >= 11 is 0. The van der Waals surface area contributed by atoms with E-state index in [-0.39, 0.29) is 0 Å². The van der Waals surface area contributed by atoms with Crippen molar-refractivity contribution in [2.75, 3.05) is 0 Å². The van der Waals surface area contributed by atoms with Crippen LogP contribution in [-0.2, 0) is 0 Å². The van der Waals surface area contributed by atoms with Crippen LogP contribution in [0.4, 0.5) is 4.79 Å². The Morgan fingerprint density at radius 3 is 2.59 bits per heavy atom. The molecule has 0 bridgehead atoms. The minimum Gasteiger partial charge on any atom is -0.350 e. The number of nitrogens with zero attached hydrogens (tertiary/aromatic N) is 1. The normalized spacial score (nSPS) is 11.5. The molecule has 2 aromatic carbocycles. The molecule has 0 unspecified atom stereocenters. The quantitative estimate of drug-likeness (QED) is 0.599. The summed E-state index contributed by atoms with van der Waals surface area (Å²) in [5.74, 6) is 0. The Hall–Kier alpha value is -2.36. The summed E-state index contributed by atoms with van der Waals surface area (Å²) in [4.78, 5) is 10.6. The highest BCUT2D eigenvalue weighted by Crippen LogP contribution is 2.15. The van der Waals surface area contributed by atoms with Gasteiger partial charge in [0.25, 0.3) is 0 Å². The summed E-state index contributed by atoms with van der Waals surface area (Å²) in [6, 6.07) is 13.4. The van der Waals surface area contributed by atoms with Crippen LogP contribution in [0, 0.1) is 0 Å². The van der Waals surface area contributed by atoms with Crippen LogP contribution in [-0.4, -0.2) is 11.7 Å². The lowest BCUT2D eigenvalue weighted by Gasteiger charge is -2.03. The van der Waals surface area contributed by atoms with Crippen LogP contribution in [0.15, 0.2) is 47.6 Å². The predicted octanol–water partition coefficient (Wildman–Crippen LogP) is 2.23. The molecule has 0 spiro atoms. The minimum absolute atomic E-state index is 0.662. The molecule has 4 nitrogen and oxygen atoms in total. The van der Waals surface area contributed by atoms with Gasteiger partial charge in [-0.25, -0.2) is 10.2 Å². The lowest BCUT2D eigenvalue weighted by molar-refractivity contribution is 0.249. The molecule has 2 rings (SSSR count). The first-order valence-corrected chi connectivity index (χ1v) is 5.26. The molecule has 2 aromatic rings. The van der Waals surface area contributed by atoms with Crippen LogP contribution in [0.5, 0.6) is 0 Å². The molecule has 0 saturated heterocycles. The molecule has 0 radical (unpaired) electrons. The Morgan fingerprint density at radius 1 is 1.18 bits per heavy atom. The molecular formula is C13H13N3O. The van der Waals surface area contributed by atoms with E-state index in [0.717, 1.165) is 16.7 Å². The first-order chi connectivity index (χ1) is 8.16. The zero-order valence-corrected chi connectivity index (χ0v) is 9.47. The topological polar surface area (TPSA) is 67.5 Å². The van der Waals surface area contributed by atoms with Crippen molar-refractivity contribution in [3.63, 3.8) is 0 Å². The molecule has 0 aliphatic carbocycles. The summed E-state index contributed by atoms with van der Waals surface area (Å²) < 4.78 is 0. The molecule has 86 valence electrons. The molecule has 17 heavy (non-hydrogen) atoms. The highest BCUT2D eigenvalue weighted by atomic mass is 16.2. The maximum absolute atomic E-state index is 10.6. The van der Waals surface area contributed by atoms with E-state index in [0.29, 0.717) is 0 Å². The number of hydrazone groups is 1. The van der Waals surface area contributed by atoms with Crippen molar-refractivity contribution in [1.82, 2.24) is 5.43 Å². The Labute approximate surface area is 99.1 Å². The molecule has 0 saturated carbocycles. The number of primary amides is 1. The molecule has 0 atom stereocenters. The number of carbonyl (C=O) groups is 1. The van der Waals surface area contributed by atoms with Gasteiger partial charge in [0.2, 0.25) is 0 Å². The van der Waals surface area contributed by atoms with Gasteiger partial charge >= 0.3 is 6.03 Å². The van der Waals surface area contributed by atoms with Crippen molar-refractivity contribution < 1.29 is 4.79 Å². The number of nitrogens with two attached hydrogens (primary N) is 1. The lowest BCUT2D eigenvalue weighted by Crippen LogP contribution is -2.25. The van der Waals surface area contributed by atoms with E-state index in [1.807, 2.05) is 49.4 Å².